The Balaban J connectivity index is 2.00. The van der Waals surface area contributed by atoms with Gasteiger partial charge in [-0.3, -0.25) is 9.59 Å². The van der Waals surface area contributed by atoms with Crippen LogP contribution in [0.3, 0.4) is 0 Å². The number of pyridine rings is 1. The first-order valence-electron chi connectivity index (χ1n) is 8.55. The predicted molar refractivity (Wildman–Crippen MR) is 101 cm³/mol. The third-order valence-corrected chi connectivity index (χ3v) is 5.02. The fourth-order valence-electron chi connectivity index (χ4n) is 3.27. The average molecular weight is 360 g/mol. The molecule has 1 aromatic heterocycles. The fraction of sp³-hybridized carbons (Fsp3) is 0.238. The lowest BCUT2D eigenvalue weighted by molar-refractivity contribution is -0.155. The number of carbonyl (C=O) groups excluding carboxylic acids is 2. The van der Waals surface area contributed by atoms with Crippen LogP contribution >= 0.6 is 0 Å². The molecule has 1 atom stereocenters. The number of likely N-dealkylation sites (N-methyl/N-ethyl adjacent to an activating group) is 2. The lowest BCUT2D eigenvalue weighted by Crippen LogP contribution is -2.64. The van der Waals surface area contributed by atoms with Crippen molar-refractivity contribution in [2.24, 2.45) is 0 Å². The molecule has 0 spiro atoms. The summed E-state index contributed by atoms with van der Waals surface area (Å²) in [5.41, 5.74) is 0.921. The Hall–Kier alpha value is -3.46. The molecule has 2 amide bonds. The Bertz CT molecular complexity index is 962. The van der Waals surface area contributed by atoms with E-state index in [-0.39, 0.29) is 23.2 Å². The van der Waals surface area contributed by atoms with Gasteiger partial charge in [-0.05, 0) is 24.6 Å². The zero-order chi connectivity index (χ0) is 19.6. The van der Waals surface area contributed by atoms with Crippen molar-refractivity contribution in [3.05, 3.63) is 71.2 Å². The standard InChI is InChI=1S/C21H20N4O2/c1-21(13-15-8-5-4-6-9-15)20(27)24(2)18(19(26)25(21)3)12-16-10-7-11-23-17(16)14-22/h4-12H,13H2,1-3H3/b18-12-/t21-/m0/s1. The number of rotatable bonds is 3. The molecule has 0 N–H and O–H groups in total. The van der Waals surface area contributed by atoms with Crippen LogP contribution in [0.15, 0.2) is 54.4 Å². The third kappa shape index (κ3) is 3.20. The van der Waals surface area contributed by atoms with Gasteiger partial charge in [-0.25, -0.2) is 4.98 Å². The number of hydrogen-bond acceptors (Lipinski definition) is 4. The van der Waals surface area contributed by atoms with Crippen LogP contribution in [-0.4, -0.2) is 46.2 Å². The minimum atomic E-state index is -0.989. The molecule has 2 heterocycles. The molecule has 1 aliphatic heterocycles. The number of aromatic nitrogens is 1. The van der Waals surface area contributed by atoms with E-state index in [0.29, 0.717) is 12.0 Å². The third-order valence-electron chi connectivity index (χ3n) is 5.02. The molecule has 0 unspecified atom stereocenters. The van der Waals surface area contributed by atoms with Crippen LogP contribution < -0.4 is 0 Å². The number of amides is 2. The van der Waals surface area contributed by atoms with Crippen molar-refractivity contribution in [2.45, 2.75) is 18.9 Å². The number of carbonyl (C=O) groups is 2. The second-order valence-corrected chi connectivity index (χ2v) is 6.75. The van der Waals surface area contributed by atoms with Crippen LogP contribution in [0.25, 0.3) is 6.08 Å². The topological polar surface area (TPSA) is 77.3 Å². The number of piperazine rings is 1. The zero-order valence-electron chi connectivity index (χ0n) is 15.5. The Morgan fingerprint density at radius 2 is 1.85 bits per heavy atom. The van der Waals surface area contributed by atoms with E-state index in [1.54, 1.807) is 39.2 Å². The number of hydrogen-bond donors (Lipinski definition) is 0. The molecule has 6 heteroatoms. The van der Waals surface area contributed by atoms with E-state index in [1.165, 1.54) is 16.0 Å². The highest BCUT2D eigenvalue weighted by Crippen LogP contribution is 2.31. The molecule has 1 aliphatic rings. The monoisotopic (exact) mass is 360 g/mol. The number of nitriles is 1. The van der Waals surface area contributed by atoms with Gasteiger partial charge in [0.25, 0.3) is 11.8 Å². The Morgan fingerprint density at radius 1 is 1.15 bits per heavy atom. The van der Waals surface area contributed by atoms with Gasteiger partial charge in [0.05, 0.1) is 0 Å². The van der Waals surface area contributed by atoms with Gasteiger partial charge < -0.3 is 9.80 Å². The molecule has 1 fully saturated rings. The van der Waals surface area contributed by atoms with Crippen LogP contribution in [0.5, 0.6) is 0 Å². The maximum atomic E-state index is 13.2. The van der Waals surface area contributed by atoms with E-state index >= 15 is 0 Å². The van der Waals surface area contributed by atoms with Gasteiger partial charge in [0, 0.05) is 32.3 Å². The molecular weight excluding hydrogens is 340 g/mol. The van der Waals surface area contributed by atoms with Gasteiger partial charge in [-0.2, -0.15) is 5.26 Å². The molecule has 27 heavy (non-hydrogen) atoms. The molecule has 0 radical (unpaired) electrons. The highest BCUT2D eigenvalue weighted by atomic mass is 16.2. The van der Waals surface area contributed by atoms with Crippen LogP contribution in [0.2, 0.25) is 0 Å². The van der Waals surface area contributed by atoms with Crippen molar-refractivity contribution in [3.63, 3.8) is 0 Å². The molecule has 0 bridgehead atoms. The Labute approximate surface area is 158 Å². The summed E-state index contributed by atoms with van der Waals surface area (Å²) in [6.07, 6.45) is 3.48. The molecule has 136 valence electrons. The molecule has 1 saturated heterocycles. The second kappa shape index (κ2) is 7.04. The molecular formula is C21H20N4O2. The summed E-state index contributed by atoms with van der Waals surface area (Å²) >= 11 is 0. The molecule has 0 aliphatic carbocycles. The maximum Gasteiger partial charge on any atom is 0.271 e. The highest BCUT2D eigenvalue weighted by Gasteiger charge is 2.48. The quantitative estimate of drug-likeness (QED) is 0.787. The largest absolute Gasteiger partial charge is 0.326 e. The minimum Gasteiger partial charge on any atom is -0.326 e. The van der Waals surface area contributed by atoms with Crippen molar-refractivity contribution in [1.29, 1.82) is 5.26 Å². The second-order valence-electron chi connectivity index (χ2n) is 6.75. The van der Waals surface area contributed by atoms with E-state index in [1.807, 2.05) is 36.4 Å². The Morgan fingerprint density at radius 3 is 2.52 bits per heavy atom. The first-order chi connectivity index (χ1) is 12.9. The summed E-state index contributed by atoms with van der Waals surface area (Å²) in [6.45, 7) is 1.78. The molecule has 0 saturated carbocycles. The van der Waals surface area contributed by atoms with Crippen molar-refractivity contribution in [2.75, 3.05) is 14.1 Å². The molecule has 2 aromatic rings. The summed E-state index contributed by atoms with van der Waals surface area (Å²) in [7, 11) is 3.23. The summed E-state index contributed by atoms with van der Waals surface area (Å²) in [4.78, 5) is 33.1. The first kappa shape index (κ1) is 18.3. The Kier molecular flexibility index (Phi) is 4.78. The van der Waals surface area contributed by atoms with E-state index in [2.05, 4.69) is 4.98 Å². The summed E-state index contributed by atoms with van der Waals surface area (Å²) in [5, 5.41) is 9.21. The minimum absolute atomic E-state index is 0.179. The van der Waals surface area contributed by atoms with Crippen LogP contribution in [0.4, 0.5) is 0 Å². The molecule has 6 nitrogen and oxygen atoms in total. The molecule has 3 rings (SSSR count). The average Bonchev–Trinajstić information content (AvgIpc) is 2.69. The van der Waals surface area contributed by atoms with Crippen molar-refractivity contribution in [1.82, 2.24) is 14.8 Å². The van der Waals surface area contributed by atoms with Crippen molar-refractivity contribution >= 4 is 17.9 Å². The fourth-order valence-corrected chi connectivity index (χ4v) is 3.27. The van der Waals surface area contributed by atoms with Crippen LogP contribution in [0, 0.1) is 11.3 Å². The summed E-state index contributed by atoms with van der Waals surface area (Å²) in [5.74, 6) is -0.453. The van der Waals surface area contributed by atoms with E-state index in [0.717, 1.165) is 5.56 Å². The van der Waals surface area contributed by atoms with Gasteiger partial charge in [-0.1, -0.05) is 36.4 Å². The van der Waals surface area contributed by atoms with Gasteiger partial charge >= 0.3 is 0 Å². The lowest BCUT2D eigenvalue weighted by Gasteiger charge is -2.45. The van der Waals surface area contributed by atoms with Gasteiger partial charge in [0.2, 0.25) is 0 Å². The number of nitrogens with zero attached hydrogens (tertiary/aromatic N) is 4. The van der Waals surface area contributed by atoms with E-state index < -0.39 is 5.54 Å². The van der Waals surface area contributed by atoms with Crippen molar-refractivity contribution in [3.8, 4) is 6.07 Å². The van der Waals surface area contributed by atoms with E-state index in [4.69, 9.17) is 0 Å². The summed E-state index contributed by atoms with van der Waals surface area (Å²) < 4.78 is 0. The maximum absolute atomic E-state index is 13.2. The van der Waals surface area contributed by atoms with Crippen molar-refractivity contribution < 1.29 is 9.59 Å². The van der Waals surface area contributed by atoms with Gasteiger partial charge in [-0.15, -0.1) is 0 Å². The SMILES string of the molecule is CN1C(=O)[C@](C)(Cc2ccccc2)N(C)C(=O)/C1=C/c1cccnc1C#N. The summed E-state index contributed by atoms with van der Waals surface area (Å²) in [6, 6.07) is 15.0. The lowest BCUT2D eigenvalue weighted by atomic mass is 9.87. The number of benzene rings is 1. The smallest absolute Gasteiger partial charge is 0.271 e. The van der Waals surface area contributed by atoms with Gasteiger partial charge in [0.1, 0.15) is 23.0 Å². The van der Waals surface area contributed by atoms with E-state index in [9.17, 15) is 14.9 Å². The van der Waals surface area contributed by atoms with Crippen LogP contribution in [0.1, 0.15) is 23.7 Å². The first-order valence-corrected chi connectivity index (χ1v) is 8.55. The molecule has 1 aromatic carbocycles. The van der Waals surface area contributed by atoms with Crippen LogP contribution in [-0.2, 0) is 16.0 Å². The highest BCUT2D eigenvalue weighted by molar-refractivity contribution is 6.08. The zero-order valence-corrected chi connectivity index (χ0v) is 15.5. The predicted octanol–water partition coefficient (Wildman–Crippen LogP) is 2.23. The van der Waals surface area contributed by atoms with Gasteiger partial charge in [0.15, 0.2) is 0 Å². The normalized spacial score (nSPS) is 21.5.